The molecule has 1 atom stereocenters. The molecule has 11 heavy (non-hydrogen) atoms. The third-order valence-electron chi connectivity index (χ3n) is 2.02. The van der Waals surface area contributed by atoms with Gasteiger partial charge in [-0.15, -0.1) is 12.3 Å². The van der Waals surface area contributed by atoms with Crippen LogP contribution in [0.4, 0.5) is 0 Å². The lowest BCUT2D eigenvalue weighted by atomic mass is 10.0. The van der Waals surface area contributed by atoms with Gasteiger partial charge in [0.1, 0.15) is 0 Å². The first-order valence-corrected chi connectivity index (χ1v) is 5.60. The molecular formula is C8H12O2S. The Labute approximate surface area is 67.9 Å². The Morgan fingerprint density at radius 3 is 2.73 bits per heavy atom. The van der Waals surface area contributed by atoms with E-state index in [4.69, 9.17) is 6.42 Å². The molecule has 0 aromatic carbocycles. The highest BCUT2D eigenvalue weighted by atomic mass is 32.2. The van der Waals surface area contributed by atoms with E-state index < -0.39 is 9.84 Å². The molecule has 0 N–H and O–H groups in total. The highest BCUT2D eigenvalue weighted by Crippen LogP contribution is 2.22. The molecule has 1 aliphatic rings. The molecule has 1 unspecified atom stereocenters. The van der Waals surface area contributed by atoms with Crippen molar-refractivity contribution in [1.29, 1.82) is 0 Å². The van der Waals surface area contributed by atoms with E-state index in [1.165, 1.54) is 0 Å². The number of rotatable bonds is 2. The summed E-state index contributed by atoms with van der Waals surface area (Å²) in [4.78, 5) is 0. The van der Waals surface area contributed by atoms with Crippen molar-refractivity contribution in [3.8, 4) is 12.3 Å². The van der Waals surface area contributed by atoms with Gasteiger partial charge in [-0.2, -0.15) is 0 Å². The molecule has 1 aliphatic heterocycles. The van der Waals surface area contributed by atoms with Crippen molar-refractivity contribution in [2.75, 3.05) is 11.5 Å². The molecule has 0 amide bonds. The van der Waals surface area contributed by atoms with Crippen LogP contribution in [0.15, 0.2) is 0 Å². The summed E-state index contributed by atoms with van der Waals surface area (Å²) in [5, 5.41) is 0. The zero-order chi connectivity index (χ0) is 8.32. The molecule has 0 aromatic heterocycles. The Bertz CT molecular complexity index is 258. The number of hydrogen-bond donors (Lipinski definition) is 0. The van der Waals surface area contributed by atoms with E-state index in [0.717, 1.165) is 12.8 Å². The maximum absolute atomic E-state index is 11.0. The molecule has 62 valence electrons. The van der Waals surface area contributed by atoms with Gasteiger partial charge < -0.3 is 0 Å². The minimum absolute atomic E-state index is 0.330. The summed E-state index contributed by atoms with van der Waals surface area (Å²) in [5.41, 5.74) is 0. The number of terminal acetylenes is 1. The second-order valence-corrected chi connectivity index (χ2v) is 5.24. The molecule has 3 heteroatoms. The molecular weight excluding hydrogens is 160 g/mol. The van der Waals surface area contributed by atoms with Crippen LogP contribution in [0.5, 0.6) is 0 Å². The summed E-state index contributed by atoms with van der Waals surface area (Å²) in [5.74, 6) is 3.58. The fourth-order valence-corrected chi connectivity index (χ4v) is 3.30. The lowest BCUT2D eigenvalue weighted by molar-refractivity contribution is 0.552. The fourth-order valence-electron chi connectivity index (χ4n) is 1.39. The van der Waals surface area contributed by atoms with E-state index in [0.29, 0.717) is 23.8 Å². The highest BCUT2D eigenvalue weighted by molar-refractivity contribution is 7.91. The summed E-state index contributed by atoms with van der Waals surface area (Å²) in [6, 6.07) is 0. The van der Waals surface area contributed by atoms with Crippen LogP contribution < -0.4 is 0 Å². The maximum atomic E-state index is 11.0. The molecule has 1 fully saturated rings. The number of hydrogen-bond acceptors (Lipinski definition) is 2. The molecule has 1 saturated heterocycles. The predicted molar refractivity (Wildman–Crippen MR) is 44.8 cm³/mol. The highest BCUT2D eigenvalue weighted by Gasteiger charge is 2.26. The van der Waals surface area contributed by atoms with Crippen molar-refractivity contribution in [3.05, 3.63) is 0 Å². The predicted octanol–water partition coefficient (Wildman–Crippen LogP) is 0.835. The van der Waals surface area contributed by atoms with Crippen LogP contribution in [0.2, 0.25) is 0 Å². The first-order chi connectivity index (χ1) is 5.14. The lowest BCUT2D eigenvalue weighted by Crippen LogP contribution is -2.04. The average molecular weight is 172 g/mol. The SMILES string of the molecule is C#CCCC1CCS(=O)(=O)C1. The molecule has 0 aliphatic carbocycles. The van der Waals surface area contributed by atoms with Gasteiger partial charge in [0.2, 0.25) is 0 Å². The van der Waals surface area contributed by atoms with Crippen LogP contribution in [0.25, 0.3) is 0 Å². The van der Waals surface area contributed by atoms with E-state index in [9.17, 15) is 8.42 Å². The summed E-state index contributed by atoms with van der Waals surface area (Å²) in [7, 11) is -2.69. The van der Waals surface area contributed by atoms with Crippen LogP contribution in [0.1, 0.15) is 19.3 Å². The Morgan fingerprint density at radius 1 is 1.55 bits per heavy atom. The molecule has 0 saturated carbocycles. The average Bonchev–Trinajstić information content (AvgIpc) is 2.26. The van der Waals surface area contributed by atoms with Crippen molar-refractivity contribution in [1.82, 2.24) is 0 Å². The summed E-state index contributed by atoms with van der Waals surface area (Å²) < 4.78 is 21.9. The minimum atomic E-state index is -2.69. The van der Waals surface area contributed by atoms with E-state index in [1.807, 2.05) is 0 Å². The Balaban J connectivity index is 2.38. The van der Waals surface area contributed by atoms with Crippen molar-refractivity contribution < 1.29 is 8.42 Å². The molecule has 0 aromatic rings. The Hall–Kier alpha value is -0.490. The van der Waals surface area contributed by atoms with Gasteiger partial charge in [-0.3, -0.25) is 0 Å². The normalized spacial score (nSPS) is 28.1. The zero-order valence-electron chi connectivity index (χ0n) is 6.41. The Morgan fingerprint density at radius 2 is 2.27 bits per heavy atom. The zero-order valence-corrected chi connectivity index (χ0v) is 7.23. The van der Waals surface area contributed by atoms with Gasteiger partial charge in [-0.05, 0) is 18.8 Å². The van der Waals surface area contributed by atoms with Gasteiger partial charge in [0.15, 0.2) is 9.84 Å². The van der Waals surface area contributed by atoms with Crippen LogP contribution in [0, 0.1) is 18.3 Å². The van der Waals surface area contributed by atoms with Crippen LogP contribution in [0.3, 0.4) is 0 Å². The van der Waals surface area contributed by atoms with Gasteiger partial charge >= 0.3 is 0 Å². The van der Waals surface area contributed by atoms with E-state index in [1.54, 1.807) is 0 Å². The van der Waals surface area contributed by atoms with Crippen LogP contribution in [-0.4, -0.2) is 19.9 Å². The van der Waals surface area contributed by atoms with Crippen molar-refractivity contribution in [3.63, 3.8) is 0 Å². The minimum Gasteiger partial charge on any atom is -0.229 e. The van der Waals surface area contributed by atoms with Gasteiger partial charge in [0, 0.05) is 6.42 Å². The molecule has 0 spiro atoms. The van der Waals surface area contributed by atoms with E-state index >= 15 is 0 Å². The third-order valence-corrected chi connectivity index (χ3v) is 3.86. The van der Waals surface area contributed by atoms with E-state index in [-0.39, 0.29) is 0 Å². The second-order valence-electron chi connectivity index (χ2n) is 3.01. The standard InChI is InChI=1S/C8H12O2S/c1-2-3-4-8-5-6-11(9,10)7-8/h1,8H,3-7H2. The van der Waals surface area contributed by atoms with Crippen molar-refractivity contribution in [2.45, 2.75) is 19.3 Å². The van der Waals surface area contributed by atoms with Gasteiger partial charge in [0.25, 0.3) is 0 Å². The summed E-state index contributed by atoms with van der Waals surface area (Å²) in [6.07, 6.45) is 7.46. The lowest BCUT2D eigenvalue weighted by Gasteiger charge is -2.01. The monoisotopic (exact) mass is 172 g/mol. The molecule has 1 heterocycles. The van der Waals surface area contributed by atoms with Crippen LogP contribution in [-0.2, 0) is 9.84 Å². The van der Waals surface area contributed by atoms with Crippen molar-refractivity contribution in [2.24, 2.45) is 5.92 Å². The topological polar surface area (TPSA) is 34.1 Å². The van der Waals surface area contributed by atoms with Gasteiger partial charge in [-0.25, -0.2) is 8.42 Å². The molecule has 1 rings (SSSR count). The van der Waals surface area contributed by atoms with Crippen molar-refractivity contribution >= 4 is 9.84 Å². The Kier molecular flexibility index (Phi) is 2.56. The smallest absolute Gasteiger partial charge is 0.150 e. The second kappa shape index (κ2) is 3.27. The first kappa shape index (κ1) is 8.61. The van der Waals surface area contributed by atoms with Gasteiger partial charge in [-0.1, -0.05) is 0 Å². The molecule has 2 nitrogen and oxygen atoms in total. The van der Waals surface area contributed by atoms with E-state index in [2.05, 4.69) is 5.92 Å². The molecule has 0 bridgehead atoms. The number of sulfone groups is 1. The largest absolute Gasteiger partial charge is 0.229 e. The quantitative estimate of drug-likeness (QED) is 0.578. The summed E-state index contributed by atoms with van der Waals surface area (Å²) >= 11 is 0. The summed E-state index contributed by atoms with van der Waals surface area (Å²) in [6.45, 7) is 0. The van der Waals surface area contributed by atoms with Crippen LogP contribution >= 0.6 is 0 Å². The molecule has 0 radical (unpaired) electrons. The third kappa shape index (κ3) is 2.55. The first-order valence-electron chi connectivity index (χ1n) is 3.78. The fraction of sp³-hybridized carbons (Fsp3) is 0.750. The maximum Gasteiger partial charge on any atom is 0.150 e. The van der Waals surface area contributed by atoms with Gasteiger partial charge in [0.05, 0.1) is 11.5 Å².